The van der Waals surface area contributed by atoms with Crippen LogP contribution in [0.5, 0.6) is 0 Å². The molecule has 0 saturated heterocycles. The molecule has 1 N–H and O–H groups in total. The Hall–Kier alpha value is -0.240. The average Bonchev–Trinajstić information content (AvgIpc) is 2.54. The quantitative estimate of drug-likeness (QED) is 0.230. The highest BCUT2D eigenvalue weighted by Crippen LogP contribution is 2.12. The van der Waals surface area contributed by atoms with Gasteiger partial charge in [-0.05, 0) is 12.8 Å². The summed E-state index contributed by atoms with van der Waals surface area (Å²) in [4.78, 5) is 10.3. The first-order valence-corrected chi connectivity index (χ1v) is 10.5. The minimum atomic E-state index is -0.655. The van der Waals surface area contributed by atoms with Crippen molar-refractivity contribution in [2.45, 2.75) is 117 Å². The lowest BCUT2D eigenvalue weighted by atomic mass is 10.0. The smallest absolute Gasteiger partial charge is 0.303 e. The van der Waals surface area contributed by atoms with Crippen LogP contribution in [0.25, 0.3) is 0 Å². The Balaban J connectivity index is 0. The Bertz CT molecular complexity index is 216. The molecule has 0 aliphatic heterocycles. The van der Waals surface area contributed by atoms with E-state index in [4.69, 9.17) is 16.7 Å². The number of carbonyl (C=O) groups is 1. The van der Waals surface area contributed by atoms with Gasteiger partial charge in [0.15, 0.2) is 0 Å². The monoisotopic (exact) mass is 348 g/mol. The second-order valence-corrected chi connectivity index (χ2v) is 6.81. The van der Waals surface area contributed by atoms with Crippen LogP contribution in [0.1, 0.15) is 117 Å². The summed E-state index contributed by atoms with van der Waals surface area (Å²) in [6, 6.07) is 0. The third-order valence-electron chi connectivity index (χ3n) is 3.98. The predicted molar refractivity (Wildman–Crippen MR) is 104 cm³/mol. The van der Waals surface area contributed by atoms with Crippen molar-refractivity contribution in [2.75, 3.05) is 5.88 Å². The molecule has 0 unspecified atom stereocenters. The summed E-state index contributed by atoms with van der Waals surface area (Å²) in [7, 11) is 0. The van der Waals surface area contributed by atoms with E-state index in [1.165, 1.54) is 83.5 Å². The Morgan fingerprint density at radius 3 is 1.30 bits per heavy atom. The number of aliphatic carboxylic acids is 1. The molecular formula is C20H41ClO2. The minimum absolute atomic E-state index is 0.345. The zero-order valence-electron chi connectivity index (χ0n) is 15.8. The summed E-state index contributed by atoms with van der Waals surface area (Å²) in [5, 5.41) is 8.47. The third-order valence-corrected chi connectivity index (χ3v) is 4.25. The zero-order chi connectivity index (χ0) is 17.6. The fourth-order valence-electron chi connectivity index (χ4n) is 2.46. The van der Waals surface area contributed by atoms with Crippen LogP contribution in [0.15, 0.2) is 0 Å². The van der Waals surface area contributed by atoms with Gasteiger partial charge in [-0.3, -0.25) is 4.79 Å². The summed E-state index contributed by atoms with van der Waals surface area (Å²) >= 11 is 5.38. The van der Waals surface area contributed by atoms with Gasteiger partial charge in [-0.1, -0.05) is 97.3 Å². The molecule has 0 aromatic carbocycles. The highest BCUT2D eigenvalue weighted by atomic mass is 35.5. The number of halogens is 1. The summed E-state index contributed by atoms with van der Waals surface area (Å²) in [5.74, 6) is 0.172. The van der Waals surface area contributed by atoms with Crippen molar-refractivity contribution in [2.24, 2.45) is 0 Å². The first-order valence-electron chi connectivity index (χ1n) is 9.96. The molecule has 0 heterocycles. The number of rotatable bonds is 16. The van der Waals surface area contributed by atoms with Gasteiger partial charge in [0.05, 0.1) is 0 Å². The van der Waals surface area contributed by atoms with Gasteiger partial charge < -0.3 is 5.11 Å². The van der Waals surface area contributed by atoms with Crippen molar-refractivity contribution in [3.05, 3.63) is 0 Å². The highest BCUT2D eigenvalue weighted by molar-refractivity contribution is 6.17. The normalized spacial score (nSPS) is 10.2. The molecule has 0 atom stereocenters. The number of carboxylic acid groups (broad SMARTS) is 1. The molecule has 0 spiro atoms. The molecule has 23 heavy (non-hydrogen) atoms. The van der Waals surface area contributed by atoms with Crippen LogP contribution in [0, 0.1) is 0 Å². The maximum Gasteiger partial charge on any atom is 0.303 e. The van der Waals surface area contributed by atoms with Crippen LogP contribution in [0.3, 0.4) is 0 Å². The molecule has 0 saturated carbocycles. The van der Waals surface area contributed by atoms with Gasteiger partial charge in [-0.2, -0.15) is 0 Å². The van der Waals surface area contributed by atoms with E-state index in [-0.39, 0.29) is 0 Å². The molecule has 0 aliphatic rings. The van der Waals surface area contributed by atoms with Crippen LogP contribution in [0.4, 0.5) is 0 Å². The second kappa shape index (κ2) is 24.0. The zero-order valence-corrected chi connectivity index (χ0v) is 16.5. The van der Waals surface area contributed by atoms with Gasteiger partial charge in [0.25, 0.3) is 0 Å². The van der Waals surface area contributed by atoms with Crippen LogP contribution in [-0.2, 0) is 4.79 Å². The fraction of sp³-hybridized carbons (Fsp3) is 0.950. The molecule has 0 aromatic heterocycles. The fourth-order valence-corrected chi connectivity index (χ4v) is 2.65. The van der Waals surface area contributed by atoms with Crippen LogP contribution < -0.4 is 0 Å². The van der Waals surface area contributed by atoms with Gasteiger partial charge in [0, 0.05) is 12.3 Å². The van der Waals surface area contributed by atoms with Crippen LogP contribution in [-0.4, -0.2) is 17.0 Å². The van der Waals surface area contributed by atoms with Crippen molar-refractivity contribution < 1.29 is 9.90 Å². The lowest BCUT2D eigenvalue weighted by molar-refractivity contribution is -0.137. The van der Waals surface area contributed by atoms with Gasteiger partial charge in [0.2, 0.25) is 0 Å². The van der Waals surface area contributed by atoms with Crippen molar-refractivity contribution in [3.63, 3.8) is 0 Å². The highest BCUT2D eigenvalue weighted by Gasteiger charge is 1.96. The van der Waals surface area contributed by atoms with E-state index in [0.29, 0.717) is 6.42 Å². The summed E-state index contributed by atoms with van der Waals surface area (Å²) < 4.78 is 0. The number of hydrogen-bond donors (Lipinski definition) is 1. The van der Waals surface area contributed by atoms with E-state index >= 15 is 0 Å². The standard InChI is InChI=1S/C15H30O2.C5H11Cl/c1-2-3-4-5-6-7-8-9-10-11-12-13-14-15(16)17;1-2-3-4-5-6/h2-14H2,1H3,(H,16,17);2-5H2,1H3. The molecular weight excluding hydrogens is 308 g/mol. The molecule has 0 aliphatic carbocycles. The summed E-state index contributed by atoms with van der Waals surface area (Å²) in [5.41, 5.74) is 0. The maximum atomic E-state index is 10.3. The Morgan fingerprint density at radius 1 is 0.652 bits per heavy atom. The van der Waals surface area contributed by atoms with Gasteiger partial charge >= 0.3 is 5.97 Å². The maximum absolute atomic E-state index is 10.3. The Labute approximate surface area is 150 Å². The van der Waals surface area contributed by atoms with Crippen molar-refractivity contribution in [1.82, 2.24) is 0 Å². The van der Waals surface area contributed by atoms with Crippen LogP contribution in [0.2, 0.25) is 0 Å². The van der Waals surface area contributed by atoms with E-state index in [2.05, 4.69) is 13.8 Å². The first-order chi connectivity index (χ1) is 11.2. The average molecular weight is 349 g/mol. The molecule has 0 amide bonds. The van der Waals surface area contributed by atoms with E-state index in [0.717, 1.165) is 18.7 Å². The largest absolute Gasteiger partial charge is 0.481 e. The van der Waals surface area contributed by atoms with Gasteiger partial charge in [0.1, 0.15) is 0 Å². The molecule has 0 aromatic rings. The van der Waals surface area contributed by atoms with Gasteiger partial charge in [-0.15, -0.1) is 11.6 Å². The van der Waals surface area contributed by atoms with E-state index < -0.39 is 5.97 Å². The second-order valence-electron chi connectivity index (χ2n) is 6.43. The first kappa shape index (κ1) is 25.0. The lowest BCUT2D eigenvalue weighted by Gasteiger charge is -2.02. The molecule has 0 rings (SSSR count). The van der Waals surface area contributed by atoms with Crippen molar-refractivity contribution >= 4 is 17.6 Å². The topological polar surface area (TPSA) is 37.3 Å². The molecule has 0 bridgehead atoms. The number of carboxylic acids is 1. The number of alkyl halides is 1. The Morgan fingerprint density at radius 2 is 1.00 bits per heavy atom. The van der Waals surface area contributed by atoms with E-state index in [1.807, 2.05) is 0 Å². The van der Waals surface area contributed by atoms with Crippen molar-refractivity contribution in [1.29, 1.82) is 0 Å². The number of unbranched alkanes of at least 4 members (excludes halogenated alkanes) is 13. The van der Waals surface area contributed by atoms with Crippen molar-refractivity contribution in [3.8, 4) is 0 Å². The molecule has 0 radical (unpaired) electrons. The summed E-state index contributed by atoms with van der Waals surface area (Å²) in [6.07, 6.45) is 19.5. The molecule has 2 nitrogen and oxygen atoms in total. The predicted octanol–water partition coefficient (Wildman–Crippen LogP) is 7.58. The molecule has 140 valence electrons. The third kappa shape index (κ3) is 30.2. The SMILES string of the molecule is CCCCCCCCCCCCCCC(=O)O.CCCCCCl. The lowest BCUT2D eigenvalue weighted by Crippen LogP contribution is -1.93. The molecule has 3 heteroatoms. The van der Waals surface area contributed by atoms with Gasteiger partial charge in [-0.25, -0.2) is 0 Å². The van der Waals surface area contributed by atoms with E-state index in [1.54, 1.807) is 0 Å². The van der Waals surface area contributed by atoms with Crippen LogP contribution >= 0.6 is 11.6 Å². The van der Waals surface area contributed by atoms with E-state index in [9.17, 15) is 4.79 Å². The summed E-state index contributed by atoms with van der Waals surface area (Å²) in [6.45, 7) is 4.43. The minimum Gasteiger partial charge on any atom is -0.481 e. The Kier molecular flexibility index (Phi) is 26.1. The number of hydrogen-bond acceptors (Lipinski definition) is 1. The molecule has 0 fully saturated rings.